The molecule has 0 aliphatic carbocycles. The zero-order chi connectivity index (χ0) is 28.4. The van der Waals surface area contributed by atoms with Gasteiger partial charge in [-0.1, -0.05) is 11.8 Å². The Kier molecular flexibility index (Phi) is 11.5. The normalized spacial score (nSPS) is 12.4. The van der Waals surface area contributed by atoms with Gasteiger partial charge < -0.3 is 38.8 Å². The summed E-state index contributed by atoms with van der Waals surface area (Å²) in [5.74, 6) is -2.50. The fraction of sp³-hybridized carbons (Fsp3) is 0.500. The molecule has 0 amide bonds. The quantitative estimate of drug-likeness (QED) is 0.206. The summed E-state index contributed by atoms with van der Waals surface area (Å²) in [7, 11) is 6.41. The lowest BCUT2D eigenvalue weighted by Crippen LogP contribution is -2.31. The van der Waals surface area contributed by atoms with Crippen LogP contribution in [0.4, 0.5) is 35.9 Å². The van der Waals surface area contributed by atoms with Crippen molar-refractivity contribution in [3.05, 3.63) is 30.3 Å². The van der Waals surface area contributed by atoms with E-state index < -0.39 is 12.1 Å². The first-order valence-corrected chi connectivity index (χ1v) is 13.0. The Bertz CT molecular complexity index is 1090. The lowest BCUT2D eigenvalue weighted by Gasteiger charge is -2.30. The van der Waals surface area contributed by atoms with E-state index in [0.29, 0.717) is 68.9 Å². The van der Waals surface area contributed by atoms with Crippen molar-refractivity contribution in [2.45, 2.75) is 16.0 Å². The van der Waals surface area contributed by atoms with Gasteiger partial charge in [0.05, 0.1) is 37.8 Å². The molecule has 1 heterocycles. The van der Waals surface area contributed by atoms with Gasteiger partial charge >= 0.3 is 12.1 Å². The second-order valence-electron chi connectivity index (χ2n) is 8.56. The molecule has 0 saturated heterocycles. The summed E-state index contributed by atoms with van der Waals surface area (Å²) < 4.78 is 65.2. The Morgan fingerprint density at radius 2 is 1.31 bits per heavy atom. The van der Waals surface area contributed by atoms with Crippen molar-refractivity contribution >= 4 is 40.5 Å². The van der Waals surface area contributed by atoms with Crippen molar-refractivity contribution in [2.24, 2.45) is 0 Å². The Labute approximate surface area is 230 Å². The second kappa shape index (κ2) is 14.6. The number of benzene rings is 2. The summed E-state index contributed by atoms with van der Waals surface area (Å²) in [5.41, 5.74) is 2.49. The lowest BCUT2D eigenvalue weighted by atomic mass is 10.2. The summed E-state index contributed by atoms with van der Waals surface area (Å²) in [5, 5.41) is 3.17. The minimum Gasteiger partial charge on any atom is -0.418 e. The number of hydrogen-bond donors (Lipinski definition) is 1. The van der Waals surface area contributed by atoms with Gasteiger partial charge in [0.15, 0.2) is 5.75 Å². The number of alkyl halides is 3. The summed E-state index contributed by atoms with van der Waals surface area (Å²) in [6.07, 6.45) is -5.14. The lowest BCUT2D eigenvalue weighted by molar-refractivity contribution is -0.189. The number of hydrogen-bond acceptors (Lipinski definition) is 10. The fourth-order valence-electron chi connectivity index (χ4n) is 3.90. The van der Waals surface area contributed by atoms with Gasteiger partial charge in [0, 0.05) is 81.9 Å². The number of nitrogens with zero attached hydrogens (tertiary/aromatic N) is 2. The smallest absolute Gasteiger partial charge is 0.418 e. The van der Waals surface area contributed by atoms with E-state index in [9.17, 15) is 18.0 Å². The Balaban J connectivity index is 2.01. The van der Waals surface area contributed by atoms with E-state index in [1.807, 2.05) is 29.2 Å². The largest absolute Gasteiger partial charge is 0.491 e. The van der Waals surface area contributed by atoms with Gasteiger partial charge in [-0.2, -0.15) is 13.2 Å². The van der Waals surface area contributed by atoms with Crippen LogP contribution in [0.3, 0.4) is 0 Å². The number of halogens is 3. The second-order valence-corrected chi connectivity index (χ2v) is 9.64. The molecule has 0 bridgehead atoms. The number of methoxy groups -OCH3 is 4. The molecule has 0 spiro atoms. The summed E-state index contributed by atoms with van der Waals surface area (Å²) in [4.78, 5) is 17.3. The molecule has 2 aromatic carbocycles. The standard InChI is InChI=1S/C26H34F3N3O6S/c1-34-11-7-31(8-12-35-2)18-5-6-20-22(16-18)39-23-17-19(32(9-13-36-3)10-14-37-4)15-21(24(23)30-20)38-25(33)26(27,28)29/h5-6,15-17,30H,7-14H2,1-4H3. The van der Waals surface area contributed by atoms with Crippen LogP contribution in [0.25, 0.3) is 0 Å². The molecule has 9 nitrogen and oxygen atoms in total. The minimum absolute atomic E-state index is 0.214. The molecule has 1 N–H and O–H groups in total. The number of fused-ring (bicyclic) bond motifs is 2. The van der Waals surface area contributed by atoms with Crippen molar-refractivity contribution in [2.75, 3.05) is 96.2 Å². The zero-order valence-corrected chi connectivity index (χ0v) is 23.2. The molecule has 0 atom stereocenters. The Morgan fingerprint density at radius 1 is 0.795 bits per heavy atom. The molecule has 1 aliphatic heterocycles. The number of ether oxygens (including phenoxy) is 5. The summed E-state index contributed by atoms with van der Waals surface area (Å²) in [6, 6.07) is 9.04. The third-order valence-corrected chi connectivity index (χ3v) is 7.02. The van der Waals surface area contributed by atoms with Crippen LogP contribution in [0.1, 0.15) is 0 Å². The fourth-order valence-corrected chi connectivity index (χ4v) is 4.97. The van der Waals surface area contributed by atoms with E-state index in [4.69, 9.17) is 23.7 Å². The highest BCUT2D eigenvalue weighted by Crippen LogP contribution is 2.51. The third-order valence-electron chi connectivity index (χ3n) is 5.92. The van der Waals surface area contributed by atoms with Crippen LogP contribution in [0.2, 0.25) is 0 Å². The monoisotopic (exact) mass is 573 g/mol. The molecule has 3 rings (SSSR count). The van der Waals surface area contributed by atoms with E-state index in [1.165, 1.54) is 17.8 Å². The van der Waals surface area contributed by atoms with Gasteiger partial charge in [-0.25, -0.2) is 4.79 Å². The molecule has 1 aliphatic rings. The first-order chi connectivity index (χ1) is 18.7. The SMILES string of the molecule is COCCN(CCOC)c1ccc2c(c1)Sc1cc(N(CCOC)CCOC)cc(OC(=O)C(F)(F)F)c1N2. The molecule has 0 aromatic heterocycles. The predicted molar refractivity (Wildman–Crippen MR) is 144 cm³/mol. The molecule has 39 heavy (non-hydrogen) atoms. The van der Waals surface area contributed by atoms with Crippen LogP contribution in [-0.2, 0) is 23.7 Å². The molecular formula is C26H34F3N3O6S. The highest BCUT2D eigenvalue weighted by Gasteiger charge is 2.42. The van der Waals surface area contributed by atoms with Gasteiger partial charge in [-0.15, -0.1) is 0 Å². The minimum atomic E-state index is -5.14. The molecular weight excluding hydrogens is 539 g/mol. The number of nitrogens with one attached hydrogen (secondary N) is 1. The van der Waals surface area contributed by atoms with Crippen LogP contribution in [0.5, 0.6) is 5.75 Å². The van der Waals surface area contributed by atoms with Gasteiger partial charge in [0.2, 0.25) is 0 Å². The first kappa shape index (κ1) is 30.8. The van der Waals surface area contributed by atoms with Gasteiger partial charge in [-0.05, 0) is 24.3 Å². The predicted octanol–water partition coefficient (Wildman–Crippen LogP) is 4.56. The average molecular weight is 574 g/mol. The topological polar surface area (TPSA) is 81.7 Å². The van der Waals surface area contributed by atoms with Gasteiger partial charge in [0.1, 0.15) is 0 Å². The van der Waals surface area contributed by atoms with Crippen molar-refractivity contribution < 1.29 is 41.7 Å². The van der Waals surface area contributed by atoms with Crippen LogP contribution in [0.15, 0.2) is 40.1 Å². The van der Waals surface area contributed by atoms with Gasteiger partial charge in [0.25, 0.3) is 0 Å². The zero-order valence-electron chi connectivity index (χ0n) is 22.4. The van der Waals surface area contributed by atoms with Crippen LogP contribution < -0.4 is 19.9 Å². The number of esters is 1. The Morgan fingerprint density at radius 3 is 1.82 bits per heavy atom. The molecule has 216 valence electrons. The van der Waals surface area contributed by atoms with Crippen LogP contribution >= 0.6 is 11.8 Å². The van der Waals surface area contributed by atoms with Crippen molar-refractivity contribution in [1.82, 2.24) is 0 Å². The number of carbonyl (C=O) groups excluding carboxylic acids is 1. The van der Waals surface area contributed by atoms with E-state index >= 15 is 0 Å². The molecule has 0 fully saturated rings. The molecule has 0 saturated carbocycles. The van der Waals surface area contributed by atoms with Crippen LogP contribution in [0, 0.1) is 0 Å². The van der Waals surface area contributed by atoms with Crippen LogP contribution in [-0.4, -0.2) is 93.2 Å². The number of carbonyl (C=O) groups is 1. The van der Waals surface area contributed by atoms with Gasteiger partial charge in [-0.3, -0.25) is 0 Å². The molecule has 0 unspecified atom stereocenters. The maximum Gasteiger partial charge on any atom is 0.491 e. The number of rotatable bonds is 15. The highest BCUT2D eigenvalue weighted by molar-refractivity contribution is 7.99. The molecule has 13 heteroatoms. The molecule has 2 aromatic rings. The summed E-state index contributed by atoms with van der Waals surface area (Å²) >= 11 is 1.38. The third kappa shape index (κ3) is 8.39. The van der Waals surface area contributed by atoms with Crippen molar-refractivity contribution in [3.63, 3.8) is 0 Å². The van der Waals surface area contributed by atoms with E-state index in [-0.39, 0.29) is 11.4 Å². The maximum atomic E-state index is 13.1. The van der Waals surface area contributed by atoms with E-state index in [1.54, 1.807) is 28.4 Å². The van der Waals surface area contributed by atoms with E-state index in [0.717, 1.165) is 10.6 Å². The first-order valence-electron chi connectivity index (χ1n) is 12.2. The summed E-state index contributed by atoms with van der Waals surface area (Å²) in [6.45, 7) is 4.06. The van der Waals surface area contributed by atoms with E-state index in [2.05, 4.69) is 10.2 Å². The highest BCUT2D eigenvalue weighted by atomic mass is 32.2. The number of anilines is 4. The van der Waals surface area contributed by atoms with Crippen molar-refractivity contribution in [1.29, 1.82) is 0 Å². The van der Waals surface area contributed by atoms with Crippen molar-refractivity contribution in [3.8, 4) is 5.75 Å². The average Bonchev–Trinajstić information content (AvgIpc) is 2.91. The Hall–Kier alpha value is -2.71. The maximum absolute atomic E-state index is 13.1. The molecule has 0 radical (unpaired) electrons.